The van der Waals surface area contributed by atoms with Crippen molar-refractivity contribution in [2.45, 2.75) is 59.0 Å². The Kier molecular flexibility index (Phi) is 2.94. The van der Waals surface area contributed by atoms with Crippen LogP contribution in [-0.4, -0.2) is 12.2 Å². The van der Waals surface area contributed by atoms with Crippen molar-refractivity contribution < 1.29 is 4.74 Å². The lowest BCUT2D eigenvalue weighted by atomic mass is 9.54. The Labute approximate surface area is 100 Å². The predicted octanol–water partition coefficient (Wildman–Crippen LogP) is 4.18. The molecular weight excluding hydrogens is 196 g/mol. The molecule has 0 aromatic heterocycles. The van der Waals surface area contributed by atoms with E-state index in [1.807, 2.05) is 0 Å². The van der Waals surface area contributed by atoms with Crippen molar-refractivity contribution in [3.63, 3.8) is 0 Å². The van der Waals surface area contributed by atoms with Gasteiger partial charge in [0.25, 0.3) is 0 Å². The third-order valence-electron chi connectivity index (χ3n) is 5.06. The van der Waals surface area contributed by atoms with Crippen molar-refractivity contribution in [3.8, 4) is 0 Å². The van der Waals surface area contributed by atoms with E-state index >= 15 is 0 Å². The van der Waals surface area contributed by atoms with Gasteiger partial charge in [-0.3, -0.25) is 0 Å². The van der Waals surface area contributed by atoms with Gasteiger partial charge in [0.05, 0.1) is 5.60 Å². The minimum Gasteiger partial charge on any atom is -0.375 e. The molecule has 2 aliphatic rings. The van der Waals surface area contributed by atoms with Crippen LogP contribution in [0, 0.1) is 17.3 Å². The number of hydrogen-bond acceptors (Lipinski definition) is 1. The molecule has 2 fully saturated rings. The molecule has 0 saturated heterocycles. The lowest BCUT2D eigenvalue weighted by Crippen LogP contribution is -2.50. The van der Waals surface area contributed by atoms with Crippen molar-refractivity contribution in [1.82, 2.24) is 0 Å². The van der Waals surface area contributed by atoms with Gasteiger partial charge in [0, 0.05) is 12.5 Å². The second-order valence-corrected chi connectivity index (χ2v) is 6.49. The van der Waals surface area contributed by atoms with E-state index in [-0.39, 0.29) is 5.60 Å². The predicted molar refractivity (Wildman–Crippen MR) is 68.4 cm³/mol. The van der Waals surface area contributed by atoms with Crippen molar-refractivity contribution in [3.05, 3.63) is 12.2 Å². The van der Waals surface area contributed by atoms with Crippen LogP contribution >= 0.6 is 0 Å². The number of ether oxygens (including phenoxy) is 1. The summed E-state index contributed by atoms with van der Waals surface area (Å²) in [4.78, 5) is 0. The van der Waals surface area contributed by atoms with Crippen LogP contribution in [0.15, 0.2) is 12.2 Å². The van der Waals surface area contributed by atoms with Gasteiger partial charge >= 0.3 is 0 Å². The lowest BCUT2D eigenvalue weighted by molar-refractivity contribution is -0.105. The minimum absolute atomic E-state index is 0.0683. The summed E-state index contributed by atoms with van der Waals surface area (Å²) in [6.07, 6.45) is 5.06. The molecule has 0 aliphatic heterocycles. The second kappa shape index (κ2) is 3.87. The molecule has 1 heteroatoms. The largest absolute Gasteiger partial charge is 0.375 e. The van der Waals surface area contributed by atoms with Crippen LogP contribution in [0.4, 0.5) is 0 Å². The molecule has 0 aromatic carbocycles. The van der Waals surface area contributed by atoms with Gasteiger partial charge in [-0.2, -0.15) is 0 Å². The molecular formula is C15H26O. The first-order valence-corrected chi connectivity index (χ1v) is 6.73. The van der Waals surface area contributed by atoms with E-state index in [1.54, 1.807) is 0 Å². The van der Waals surface area contributed by atoms with Crippen LogP contribution in [-0.2, 0) is 4.74 Å². The highest BCUT2D eigenvalue weighted by Gasteiger charge is 2.50. The minimum atomic E-state index is 0.0683. The topological polar surface area (TPSA) is 9.23 Å². The molecule has 2 rings (SSSR count). The lowest BCUT2D eigenvalue weighted by Gasteiger charge is -2.54. The molecule has 2 bridgehead atoms. The number of rotatable bonds is 2. The standard InChI is InChI=1S/C15H26O/c1-6-16-15(5)10-8-12-11(2)13(15)7-9-14(12,3)4/h12-13H,2,6-10H2,1,3-5H3/t12-,13?,15?/m0/s1. The smallest absolute Gasteiger partial charge is 0.0719 e. The maximum atomic E-state index is 6.03. The summed E-state index contributed by atoms with van der Waals surface area (Å²) >= 11 is 0. The number of hydrogen-bond donors (Lipinski definition) is 0. The summed E-state index contributed by atoms with van der Waals surface area (Å²) in [7, 11) is 0. The summed E-state index contributed by atoms with van der Waals surface area (Å²) in [6, 6.07) is 0. The van der Waals surface area contributed by atoms with Gasteiger partial charge in [0.1, 0.15) is 0 Å². The van der Waals surface area contributed by atoms with Crippen molar-refractivity contribution in [1.29, 1.82) is 0 Å². The molecule has 3 atom stereocenters. The molecule has 1 nitrogen and oxygen atoms in total. The molecule has 16 heavy (non-hydrogen) atoms. The van der Waals surface area contributed by atoms with E-state index in [9.17, 15) is 0 Å². The van der Waals surface area contributed by atoms with Gasteiger partial charge in [-0.05, 0) is 50.9 Å². The van der Waals surface area contributed by atoms with Crippen LogP contribution < -0.4 is 0 Å². The molecule has 0 radical (unpaired) electrons. The highest BCUT2D eigenvalue weighted by molar-refractivity contribution is 5.21. The molecule has 2 aliphatic carbocycles. The molecule has 2 saturated carbocycles. The zero-order chi connectivity index (χ0) is 12.0. The molecule has 0 spiro atoms. The third-order valence-corrected chi connectivity index (χ3v) is 5.06. The van der Waals surface area contributed by atoms with Crippen molar-refractivity contribution in [2.24, 2.45) is 17.3 Å². The Balaban J connectivity index is 2.23. The first-order valence-electron chi connectivity index (χ1n) is 6.73. The summed E-state index contributed by atoms with van der Waals surface area (Å²) in [5, 5.41) is 0. The summed E-state index contributed by atoms with van der Waals surface area (Å²) in [6.45, 7) is 14.4. The maximum absolute atomic E-state index is 6.03. The zero-order valence-corrected chi connectivity index (χ0v) is 11.3. The Morgan fingerprint density at radius 3 is 2.44 bits per heavy atom. The van der Waals surface area contributed by atoms with E-state index in [4.69, 9.17) is 4.74 Å². The Morgan fingerprint density at radius 2 is 1.81 bits per heavy atom. The first-order chi connectivity index (χ1) is 7.41. The quantitative estimate of drug-likeness (QED) is 0.637. The SMILES string of the molecule is C=C1C2CCC(C)(C)[C@H]1CCC2(C)OCC. The molecule has 0 N–H and O–H groups in total. The van der Waals surface area contributed by atoms with Crippen molar-refractivity contribution >= 4 is 0 Å². The molecule has 92 valence electrons. The zero-order valence-electron chi connectivity index (χ0n) is 11.3. The van der Waals surface area contributed by atoms with Crippen LogP contribution in [0.3, 0.4) is 0 Å². The average molecular weight is 222 g/mol. The second-order valence-electron chi connectivity index (χ2n) is 6.49. The maximum Gasteiger partial charge on any atom is 0.0719 e. The van der Waals surface area contributed by atoms with Gasteiger partial charge in [-0.15, -0.1) is 0 Å². The molecule has 2 unspecified atom stereocenters. The van der Waals surface area contributed by atoms with E-state index in [2.05, 4.69) is 34.3 Å². The monoisotopic (exact) mass is 222 g/mol. The summed E-state index contributed by atoms with van der Waals surface area (Å²) < 4.78 is 6.03. The van der Waals surface area contributed by atoms with E-state index in [1.165, 1.54) is 31.3 Å². The van der Waals surface area contributed by atoms with Gasteiger partial charge in [0.15, 0.2) is 0 Å². The molecule has 0 aromatic rings. The van der Waals surface area contributed by atoms with Gasteiger partial charge in [0.2, 0.25) is 0 Å². The van der Waals surface area contributed by atoms with E-state index in [0.29, 0.717) is 11.3 Å². The Bertz CT molecular complexity index is 292. The van der Waals surface area contributed by atoms with Crippen LogP contribution in [0.5, 0.6) is 0 Å². The fourth-order valence-electron chi connectivity index (χ4n) is 4.00. The van der Waals surface area contributed by atoms with Crippen LogP contribution in [0.25, 0.3) is 0 Å². The van der Waals surface area contributed by atoms with Crippen LogP contribution in [0.2, 0.25) is 0 Å². The highest BCUT2D eigenvalue weighted by atomic mass is 16.5. The Hall–Kier alpha value is -0.300. The highest BCUT2D eigenvalue weighted by Crippen LogP contribution is 2.56. The van der Waals surface area contributed by atoms with Crippen molar-refractivity contribution in [2.75, 3.05) is 6.61 Å². The van der Waals surface area contributed by atoms with Crippen LogP contribution in [0.1, 0.15) is 53.4 Å². The average Bonchev–Trinajstić information content (AvgIpc) is 2.15. The Morgan fingerprint density at radius 1 is 1.19 bits per heavy atom. The van der Waals surface area contributed by atoms with E-state index < -0.39 is 0 Å². The molecule has 0 heterocycles. The first kappa shape index (κ1) is 12.2. The fourth-order valence-corrected chi connectivity index (χ4v) is 4.00. The summed E-state index contributed by atoms with van der Waals surface area (Å²) in [5.41, 5.74) is 2.00. The van der Waals surface area contributed by atoms with E-state index in [0.717, 1.165) is 12.5 Å². The number of fused-ring (bicyclic) bond motifs is 2. The normalized spacial score (nSPS) is 42.1. The fraction of sp³-hybridized carbons (Fsp3) is 0.867. The van der Waals surface area contributed by atoms with Gasteiger partial charge in [-0.1, -0.05) is 26.0 Å². The van der Waals surface area contributed by atoms with Gasteiger partial charge < -0.3 is 4.74 Å². The molecule has 0 amide bonds. The summed E-state index contributed by atoms with van der Waals surface area (Å²) in [5.74, 6) is 1.32. The van der Waals surface area contributed by atoms with Gasteiger partial charge in [-0.25, -0.2) is 0 Å². The third kappa shape index (κ3) is 1.73.